The van der Waals surface area contributed by atoms with Crippen LogP contribution in [0.15, 0.2) is 48.6 Å². The summed E-state index contributed by atoms with van der Waals surface area (Å²) in [7, 11) is 0. The van der Waals surface area contributed by atoms with Crippen LogP contribution in [-0.2, 0) is 14.3 Å². The van der Waals surface area contributed by atoms with Gasteiger partial charge in [0.2, 0.25) is 5.91 Å². The first-order chi connectivity index (χ1) is 36.7. The Hall–Kier alpha value is -1.93. The van der Waals surface area contributed by atoms with Crippen LogP contribution in [0.25, 0.3) is 0 Å². The van der Waals surface area contributed by atoms with E-state index in [1.807, 2.05) is 0 Å². The van der Waals surface area contributed by atoms with Gasteiger partial charge in [-0.1, -0.05) is 242 Å². The monoisotopic (exact) mass is 1060 g/mol. The third-order valence-corrected chi connectivity index (χ3v) is 15.1. The van der Waals surface area contributed by atoms with Gasteiger partial charge in [-0.3, -0.25) is 4.79 Å². The number of hydrogen-bond acceptors (Lipinski definition) is 10. The molecule has 1 fully saturated rings. The highest BCUT2D eigenvalue weighted by atomic mass is 16.7. The smallest absolute Gasteiger partial charge is 0.249 e. The molecule has 0 radical (unpaired) electrons. The molecule has 11 heteroatoms. The minimum absolute atomic E-state index is 0.240. The van der Waals surface area contributed by atoms with E-state index in [1.165, 1.54) is 193 Å². The zero-order chi connectivity index (χ0) is 54.7. The lowest BCUT2D eigenvalue weighted by Crippen LogP contribution is -2.60. The van der Waals surface area contributed by atoms with Crippen LogP contribution in [0.1, 0.15) is 284 Å². The Labute approximate surface area is 459 Å². The fraction of sp³-hybridized carbons (Fsp3) is 0.859. The molecule has 0 spiro atoms. The predicted molar refractivity (Wildman–Crippen MR) is 311 cm³/mol. The molecule has 1 saturated heterocycles. The molecule has 9 atom stereocenters. The van der Waals surface area contributed by atoms with Gasteiger partial charge in [0.05, 0.1) is 25.4 Å². The minimum atomic E-state index is -1.67. The Bertz CT molecular complexity index is 1360. The van der Waals surface area contributed by atoms with Gasteiger partial charge in [0.15, 0.2) is 6.29 Å². The summed E-state index contributed by atoms with van der Waals surface area (Å²) in [6.45, 7) is 3.46. The van der Waals surface area contributed by atoms with Gasteiger partial charge >= 0.3 is 0 Å². The molecule has 9 unspecified atom stereocenters. The summed E-state index contributed by atoms with van der Waals surface area (Å²) in [6, 6.07) is -1.20. The second-order valence-electron chi connectivity index (χ2n) is 22.1. The van der Waals surface area contributed by atoms with E-state index in [2.05, 4.69) is 67.8 Å². The fourth-order valence-corrected chi connectivity index (χ4v) is 9.94. The molecule has 440 valence electrons. The molecule has 1 amide bonds. The van der Waals surface area contributed by atoms with Crippen molar-refractivity contribution in [3.05, 3.63) is 48.6 Å². The predicted octanol–water partition coefficient (Wildman–Crippen LogP) is 14.0. The highest BCUT2D eigenvalue weighted by molar-refractivity contribution is 5.80. The summed E-state index contributed by atoms with van der Waals surface area (Å²) in [5.41, 5.74) is 0. The molecule has 8 N–H and O–H groups in total. The molecule has 1 rings (SSSR count). The third-order valence-electron chi connectivity index (χ3n) is 15.1. The molecular weight excluding hydrogens is 943 g/mol. The maximum absolute atomic E-state index is 13.2. The van der Waals surface area contributed by atoms with E-state index in [4.69, 9.17) is 9.47 Å². The van der Waals surface area contributed by atoms with E-state index in [0.717, 1.165) is 44.9 Å². The van der Waals surface area contributed by atoms with Gasteiger partial charge in [0.25, 0.3) is 0 Å². The molecule has 1 heterocycles. The van der Waals surface area contributed by atoms with Crippen LogP contribution in [0, 0.1) is 0 Å². The number of carbonyl (C=O) groups excluding carboxylic acids is 1. The quantitative estimate of drug-likeness (QED) is 0.0215. The highest BCUT2D eigenvalue weighted by Crippen LogP contribution is 2.23. The Morgan fingerprint density at radius 1 is 0.453 bits per heavy atom. The van der Waals surface area contributed by atoms with Crippen LogP contribution in [0.3, 0.4) is 0 Å². The van der Waals surface area contributed by atoms with Crippen molar-refractivity contribution >= 4 is 5.91 Å². The third kappa shape index (κ3) is 40.9. The standard InChI is InChI=1S/C64H119NO10/c1-3-5-7-9-11-13-15-17-19-21-23-25-27-28-30-32-34-36-38-40-42-44-46-48-50-52-57(68)63(73)65-55(54-74-64-62(72)61(71)60(70)58(53-66)75-64)59(69)56(67)51-49-47-45-43-41-39-37-35-33-31-29-26-24-22-20-18-16-14-12-10-8-6-4-2/h26,28-30,35,37,43,45,55-62,64,66-72H,3-25,27,31-34,36,38-42,44,46-54H2,1-2H3,(H,65,73)/b29-26+,30-28-,37-35+,45-43+. The van der Waals surface area contributed by atoms with Gasteiger partial charge in [-0.2, -0.15) is 0 Å². The van der Waals surface area contributed by atoms with E-state index in [1.54, 1.807) is 0 Å². The molecule has 75 heavy (non-hydrogen) atoms. The molecule has 11 nitrogen and oxygen atoms in total. The van der Waals surface area contributed by atoms with Gasteiger partial charge in [0.1, 0.15) is 36.6 Å². The number of allylic oxidation sites excluding steroid dienone is 8. The van der Waals surface area contributed by atoms with Crippen molar-refractivity contribution in [1.29, 1.82) is 0 Å². The molecule has 0 aromatic rings. The van der Waals surface area contributed by atoms with Crippen LogP contribution in [0.5, 0.6) is 0 Å². The van der Waals surface area contributed by atoms with Crippen molar-refractivity contribution in [2.24, 2.45) is 0 Å². The van der Waals surface area contributed by atoms with Crippen LogP contribution in [0.4, 0.5) is 0 Å². The molecule has 1 aliphatic heterocycles. The molecular formula is C64H119NO10. The molecule has 0 bridgehead atoms. The largest absolute Gasteiger partial charge is 0.394 e. The molecule has 0 aliphatic carbocycles. The van der Waals surface area contributed by atoms with Gasteiger partial charge in [-0.15, -0.1) is 0 Å². The maximum atomic E-state index is 13.2. The SMILES string of the molecule is CCCCCCCCCCCC/C=C/CC/C=C/CC/C=C/CCCC(O)C(O)C(COC1OC(CO)C(O)C(O)C1O)NC(=O)C(O)CCCCCCCCCCC/C=C\CCCCCCCCCCCCCC. The minimum Gasteiger partial charge on any atom is -0.394 e. The first kappa shape index (κ1) is 71.1. The van der Waals surface area contributed by atoms with E-state index in [9.17, 15) is 40.5 Å². The van der Waals surface area contributed by atoms with Crippen LogP contribution in [-0.4, -0.2) is 110 Å². The van der Waals surface area contributed by atoms with Crippen molar-refractivity contribution in [3.8, 4) is 0 Å². The Kier molecular flexibility index (Phi) is 50.0. The first-order valence-corrected chi connectivity index (χ1v) is 31.5. The lowest BCUT2D eigenvalue weighted by atomic mass is 9.98. The van der Waals surface area contributed by atoms with Crippen molar-refractivity contribution in [2.75, 3.05) is 13.2 Å². The Morgan fingerprint density at radius 3 is 1.19 bits per heavy atom. The number of rotatable bonds is 54. The Balaban J connectivity index is 2.31. The maximum Gasteiger partial charge on any atom is 0.249 e. The van der Waals surface area contributed by atoms with E-state index >= 15 is 0 Å². The average molecular weight is 1060 g/mol. The van der Waals surface area contributed by atoms with Crippen LogP contribution >= 0.6 is 0 Å². The van der Waals surface area contributed by atoms with E-state index in [0.29, 0.717) is 19.3 Å². The average Bonchev–Trinajstić information content (AvgIpc) is 3.41. The lowest BCUT2D eigenvalue weighted by Gasteiger charge is -2.40. The summed E-state index contributed by atoms with van der Waals surface area (Å²) in [4.78, 5) is 13.2. The summed E-state index contributed by atoms with van der Waals surface area (Å²) in [5, 5.41) is 76.3. The summed E-state index contributed by atoms with van der Waals surface area (Å²) >= 11 is 0. The highest BCUT2D eigenvalue weighted by Gasteiger charge is 2.44. The fourth-order valence-electron chi connectivity index (χ4n) is 9.94. The Morgan fingerprint density at radius 2 is 0.800 bits per heavy atom. The number of ether oxygens (including phenoxy) is 2. The molecule has 0 saturated carbocycles. The topological polar surface area (TPSA) is 189 Å². The number of amides is 1. The summed E-state index contributed by atoms with van der Waals surface area (Å²) < 4.78 is 11.1. The van der Waals surface area contributed by atoms with E-state index < -0.39 is 74.2 Å². The van der Waals surface area contributed by atoms with Gasteiger partial charge in [0, 0.05) is 0 Å². The normalized spacial score (nSPS) is 20.0. The van der Waals surface area contributed by atoms with Gasteiger partial charge < -0.3 is 50.5 Å². The van der Waals surface area contributed by atoms with E-state index in [-0.39, 0.29) is 12.8 Å². The second kappa shape index (κ2) is 52.8. The number of aliphatic hydroxyl groups excluding tert-OH is 7. The van der Waals surface area contributed by atoms with Gasteiger partial charge in [-0.25, -0.2) is 0 Å². The van der Waals surface area contributed by atoms with Crippen molar-refractivity contribution in [1.82, 2.24) is 5.32 Å². The number of carbonyl (C=O) groups is 1. The number of hydrogen-bond donors (Lipinski definition) is 8. The van der Waals surface area contributed by atoms with Crippen molar-refractivity contribution in [2.45, 2.75) is 339 Å². The molecule has 1 aliphatic rings. The van der Waals surface area contributed by atoms with Crippen molar-refractivity contribution in [3.63, 3.8) is 0 Å². The molecule has 0 aromatic carbocycles. The zero-order valence-corrected chi connectivity index (χ0v) is 48.3. The number of aliphatic hydroxyl groups is 7. The zero-order valence-electron chi connectivity index (χ0n) is 48.3. The first-order valence-electron chi connectivity index (χ1n) is 31.5. The molecule has 0 aromatic heterocycles. The number of unbranched alkanes of at least 4 members (excludes halogenated alkanes) is 34. The second-order valence-corrected chi connectivity index (χ2v) is 22.1. The van der Waals surface area contributed by atoms with Crippen molar-refractivity contribution < 1.29 is 50.0 Å². The van der Waals surface area contributed by atoms with Crippen LogP contribution in [0.2, 0.25) is 0 Å². The lowest BCUT2D eigenvalue weighted by molar-refractivity contribution is -0.303. The summed E-state index contributed by atoms with van der Waals surface area (Å²) in [5.74, 6) is -0.712. The van der Waals surface area contributed by atoms with Crippen LogP contribution < -0.4 is 5.32 Å². The summed E-state index contributed by atoms with van der Waals surface area (Å²) in [6.07, 6.45) is 56.0. The number of nitrogens with one attached hydrogen (secondary N) is 1. The van der Waals surface area contributed by atoms with Gasteiger partial charge in [-0.05, 0) is 89.9 Å².